The molecule has 1 aromatic carbocycles. The van der Waals surface area contributed by atoms with Gasteiger partial charge in [-0.1, -0.05) is 41.9 Å². The number of hydrogen-bond donors (Lipinski definition) is 0. The highest BCUT2D eigenvalue weighted by molar-refractivity contribution is 6.37. The molecule has 1 aromatic rings. The molecule has 16 heavy (non-hydrogen) atoms. The maximum Gasteiger partial charge on any atom is 0.427 e. The van der Waals surface area contributed by atoms with Crippen LogP contribution in [0.1, 0.15) is 5.56 Å². The monoisotopic (exact) mass is 247 g/mol. The van der Waals surface area contributed by atoms with E-state index in [0.717, 1.165) is 6.21 Å². The fourth-order valence-corrected chi connectivity index (χ4v) is 1.32. The van der Waals surface area contributed by atoms with Crippen molar-refractivity contribution in [3.05, 3.63) is 40.9 Å². The second kappa shape index (κ2) is 5.16. The van der Waals surface area contributed by atoms with Crippen LogP contribution < -0.4 is 0 Å². The van der Waals surface area contributed by atoms with Crippen LogP contribution in [0.2, 0.25) is 0 Å². The molecular formula is C11H9ClF3N. The topological polar surface area (TPSA) is 12.4 Å². The minimum Gasteiger partial charge on any atom is -0.296 e. The third-order valence-electron chi connectivity index (χ3n) is 1.83. The normalized spacial score (nSPS) is 14.1. The number of halogens is 4. The fourth-order valence-electron chi connectivity index (χ4n) is 1.16. The Morgan fingerprint density at radius 2 is 1.81 bits per heavy atom. The van der Waals surface area contributed by atoms with Gasteiger partial charge in [-0.2, -0.15) is 13.2 Å². The number of hydrogen-bond acceptors (Lipinski definition) is 1. The van der Waals surface area contributed by atoms with Crippen molar-refractivity contribution in [2.24, 2.45) is 4.99 Å². The summed E-state index contributed by atoms with van der Waals surface area (Å²) in [6.07, 6.45) is -3.46. The number of allylic oxidation sites excluding steroid dienone is 2. The predicted molar refractivity (Wildman–Crippen MR) is 59.7 cm³/mol. The molecule has 0 aromatic heterocycles. The molecule has 0 amide bonds. The molecule has 0 heterocycles. The van der Waals surface area contributed by atoms with Crippen molar-refractivity contribution in [2.75, 3.05) is 7.05 Å². The van der Waals surface area contributed by atoms with Gasteiger partial charge in [-0.3, -0.25) is 4.99 Å². The quantitative estimate of drug-likeness (QED) is 0.703. The average molecular weight is 248 g/mol. The smallest absolute Gasteiger partial charge is 0.296 e. The zero-order valence-electron chi connectivity index (χ0n) is 8.42. The Bertz CT molecular complexity index is 407. The first-order valence-electron chi connectivity index (χ1n) is 4.41. The van der Waals surface area contributed by atoms with Gasteiger partial charge in [-0.15, -0.1) is 0 Å². The second-order valence-electron chi connectivity index (χ2n) is 2.98. The number of rotatable bonds is 2. The third-order valence-corrected chi connectivity index (χ3v) is 2.25. The molecule has 0 N–H and O–H groups in total. The molecule has 0 aliphatic rings. The highest BCUT2D eigenvalue weighted by atomic mass is 35.5. The zero-order chi connectivity index (χ0) is 12.2. The summed E-state index contributed by atoms with van der Waals surface area (Å²) in [5, 5.41) is -1.16. The standard InChI is InChI=1S/C11H9ClF3N/c1-16-7-9(10(12)11(13,14)15)8-5-3-2-4-6-8/h2-7H,1H3/b10-9-,16-7?. The minimum absolute atomic E-state index is 0.128. The van der Waals surface area contributed by atoms with Gasteiger partial charge < -0.3 is 0 Å². The lowest BCUT2D eigenvalue weighted by molar-refractivity contribution is -0.0838. The lowest BCUT2D eigenvalue weighted by atomic mass is 10.1. The third kappa shape index (κ3) is 3.10. The maximum absolute atomic E-state index is 12.5. The summed E-state index contributed by atoms with van der Waals surface area (Å²) in [6, 6.07) is 8.08. The number of aliphatic imine (C=N–C) groups is 1. The van der Waals surface area contributed by atoms with E-state index in [-0.39, 0.29) is 5.57 Å². The van der Waals surface area contributed by atoms with Gasteiger partial charge in [0, 0.05) is 18.8 Å². The van der Waals surface area contributed by atoms with Gasteiger partial charge >= 0.3 is 6.18 Å². The lowest BCUT2D eigenvalue weighted by Crippen LogP contribution is -2.10. The molecule has 0 aliphatic carbocycles. The van der Waals surface area contributed by atoms with Crippen LogP contribution in [-0.2, 0) is 0 Å². The van der Waals surface area contributed by atoms with Crippen molar-refractivity contribution >= 4 is 23.4 Å². The molecule has 0 spiro atoms. The lowest BCUT2D eigenvalue weighted by Gasteiger charge is -2.09. The van der Waals surface area contributed by atoms with Crippen molar-refractivity contribution in [1.82, 2.24) is 0 Å². The Labute approximate surface area is 96.3 Å². The molecule has 0 unspecified atom stereocenters. The molecule has 0 atom stereocenters. The molecule has 5 heteroatoms. The summed E-state index contributed by atoms with van der Waals surface area (Å²) >= 11 is 5.30. The van der Waals surface area contributed by atoms with Crippen molar-refractivity contribution in [3.63, 3.8) is 0 Å². The molecule has 0 bridgehead atoms. The summed E-state index contributed by atoms with van der Waals surface area (Å²) in [5.41, 5.74) is 0.257. The molecule has 1 nitrogen and oxygen atoms in total. The molecule has 0 fully saturated rings. The largest absolute Gasteiger partial charge is 0.427 e. The van der Waals surface area contributed by atoms with Crippen molar-refractivity contribution in [1.29, 1.82) is 0 Å². The molecule has 0 radical (unpaired) electrons. The Morgan fingerprint density at radius 1 is 1.25 bits per heavy atom. The highest BCUT2D eigenvalue weighted by Gasteiger charge is 2.35. The number of alkyl halides is 3. The Hall–Kier alpha value is -1.29. The summed E-state index contributed by atoms with van der Waals surface area (Å²) in [7, 11) is 1.39. The zero-order valence-corrected chi connectivity index (χ0v) is 9.18. The van der Waals surface area contributed by atoms with Gasteiger partial charge in [-0.25, -0.2) is 0 Å². The molecule has 86 valence electrons. The van der Waals surface area contributed by atoms with E-state index in [2.05, 4.69) is 4.99 Å². The van der Waals surface area contributed by atoms with Gasteiger partial charge in [0.1, 0.15) is 5.03 Å². The van der Waals surface area contributed by atoms with E-state index in [1.165, 1.54) is 7.05 Å². The van der Waals surface area contributed by atoms with Gasteiger partial charge in [-0.05, 0) is 5.56 Å². The van der Waals surface area contributed by atoms with E-state index in [1.807, 2.05) is 0 Å². The second-order valence-corrected chi connectivity index (χ2v) is 3.36. The van der Waals surface area contributed by atoms with Crippen LogP contribution in [0.25, 0.3) is 5.57 Å². The summed E-state index contributed by atoms with van der Waals surface area (Å²) in [5.74, 6) is 0. The summed E-state index contributed by atoms with van der Waals surface area (Å²) < 4.78 is 37.4. The SMILES string of the molecule is CN=C/C(=C(/Cl)C(F)(F)F)c1ccccc1. The van der Waals surface area contributed by atoms with E-state index in [4.69, 9.17) is 11.6 Å². The maximum atomic E-state index is 12.5. The summed E-state index contributed by atoms with van der Waals surface area (Å²) in [4.78, 5) is 3.58. The van der Waals surface area contributed by atoms with Crippen LogP contribution in [0.3, 0.4) is 0 Å². The number of benzene rings is 1. The summed E-state index contributed by atoms with van der Waals surface area (Å²) in [6.45, 7) is 0. The van der Waals surface area contributed by atoms with Gasteiger partial charge in [0.2, 0.25) is 0 Å². The Kier molecular flexibility index (Phi) is 4.12. The van der Waals surface area contributed by atoms with Crippen LogP contribution >= 0.6 is 11.6 Å². The van der Waals surface area contributed by atoms with Crippen LogP contribution in [0.5, 0.6) is 0 Å². The molecule has 0 aliphatic heterocycles. The first-order valence-corrected chi connectivity index (χ1v) is 4.79. The fraction of sp³-hybridized carbons (Fsp3) is 0.182. The molecule has 0 saturated carbocycles. The van der Waals surface area contributed by atoms with Crippen molar-refractivity contribution in [3.8, 4) is 0 Å². The Morgan fingerprint density at radius 3 is 2.25 bits per heavy atom. The molecule has 0 saturated heterocycles. The van der Waals surface area contributed by atoms with E-state index in [0.29, 0.717) is 5.56 Å². The van der Waals surface area contributed by atoms with Crippen LogP contribution in [0.4, 0.5) is 13.2 Å². The van der Waals surface area contributed by atoms with Gasteiger partial charge in [0.15, 0.2) is 0 Å². The highest BCUT2D eigenvalue weighted by Crippen LogP contribution is 2.34. The van der Waals surface area contributed by atoms with Crippen LogP contribution in [0.15, 0.2) is 40.4 Å². The predicted octanol–water partition coefficient (Wildman–Crippen LogP) is 3.90. The van der Waals surface area contributed by atoms with E-state index in [1.54, 1.807) is 30.3 Å². The van der Waals surface area contributed by atoms with Gasteiger partial charge in [0.05, 0.1) is 0 Å². The first kappa shape index (κ1) is 12.8. The van der Waals surface area contributed by atoms with Crippen LogP contribution in [-0.4, -0.2) is 19.4 Å². The van der Waals surface area contributed by atoms with Crippen molar-refractivity contribution < 1.29 is 13.2 Å². The first-order chi connectivity index (χ1) is 7.46. The van der Waals surface area contributed by atoms with E-state index < -0.39 is 11.2 Å². The average Bonchev–Trinajstić information content (AvgIpc) is 2.25. The number of nitrogens with zero attached hydrogens (tertiary/aromatic N) is 1. The Balaban J connectivity index is 3.31. The minimum atomic E-state index is -4.56. The molecule has 1 rings (SSSR count). The van der Waals surface area contributed by atoms with E-state index >= 15 is 0 Å². The van der Waals surface area contributed by atoms with Gasteiger partial charge in [0.25, 0.3) is 0 Å². The van der Waals surface area contributed by atoms with Crippen molar-refractivity contribution in [2.45, 2.75) is 6.18 Å². The van der Waals surface area contributed by atoms with Crippen LogP contribution in [0, 0.1) is 0 Å². The molecular weight excluding hydrogens is 239 g/mol. The van der Waals surface area contributed by atoms with E-state index in [9.17, 15) is 13.2 Å².